The van der Waals surface area contributed by atoms with Crippen LogP contribution in [0.1, 0.15) is 29.2 Å². The van der Waals surface area contributed by atoms with E-state index in [1.54, 1.807) is 26.0 Å². The Bertz CT molecular complexity index is 1280. The zero-order valence-electron chi connectivity index (χ0n) is 18.2. The highest BCUT2D eigenvalue weighted by molar-refractivity contribution is 5.95. The third-order valence-corrected chi connectivity index (χ3v) is 5.77. The summed E-state index contributed by atoms with van der Waals surface area (Å²) in [7, 11) is 4.71. The Morgan fingerprint density at radius 2 is 1.78 bits per heavy atom. The maximum absolute atomic E-state index is 12.7. The maximum Gasteiger partial charge on any atom is 0.231 e. The van der Waals surface area contributed by atoms with E-state index in [-0.39, 0.29) is 18.2 Å². The molecule has 0 aliphatic carbocycles. The number of fused-ring (bicyclic) bond motifs is 2. The molecule has 4 aromatic rings. The van der Waals surface area contributed by atoms with Crippen LogP contribution in [0.3, 0.4) is 0 Å². The average molecular weight is 433 g/mol. The fraction of sp³-hybridized carbons (Fsp3) is 0.261. The molecule has 1 aliphatic rings. The largest absolute Gasteiger partial charge is 0.493 e. The number of hydrogen-bond donors (Lipinski definition) is 2. The minimum absolute atomic E-state index is 0.103. The number of aryl methyl sites for hydroxylation is 1. The molecular weight excluding hydrogens is 410 g/mol. The fourth-order valence-corrected chi connectivity index (χ4v) is 4.33. The third-order valence-electron chi connectivity index (χ3n) is 5.77. The summed E-state index contributed by atoms with van der Waals surface area (Å²) in [5.74, 6) is 2.40. The summed E-state index contributed by atoms with van der Waals surface area (Å²) >= 11 is 0. The Balaban J connectivity index is 1.67. The number of para-hydroxylation sites is 2. The molecule has 9 heteroatoms. The molecule has 1 atom stereocenters. The zero-order chi connectivity index (χ0) is 22.4. The predicted molar refractivity (Wildman–Crippen MR) is 119 cm³/mol. The molecule has 1 aliphatic heterocycles. The molecule has 0 unspecified atom stereocenters. The Hall–Kier alpha value is -4.01. The molecule has 0 radical (unpaired) electrons. The van der Waals surface area contributed by atoms with E-state index in [4.69, 9.17) is 19.3 Å². The second-order valence-electron chi connectivity index (χ2n) is 7.60. The molecule has 32 heavy (non-hydrogen) atoms. The van der Waals surface area contributed by atoms with E-state index in [1.165, 1.54) is 0 Å². The normalized spacial score (nSPS) is 15.4. The molecule has 5 rings (SSSR count). The summed E-state index contributed by atoms with van der Waals surface area (Å²) < 4.78 is 18.2. The molecule has 1 amide bonds. The quantitative estimate of drug-likeness (QED) is 0.499. The highest BCUT2D eigenvalue weighted by Gasteiger charge is 2.34. The summed E-state index contributed by atoms with van der Waals surface area (Å²) in [5, 5.41) is 7.69. The molecule has 0 spiro atoms. The summed E-state index contributed by atoms with van der Waals surface area (Å²) in [4.78, 5) is 20.7. The van der Waals surface area contributed by atoms with Crippen molar-refractivity contribution in [3.63, 3.8) is 0 Å². The van der Waals surface area contributed by atoms with Crippen molar-refractivity contribution in [3.8, 4) is 23.2 Å². The van der Waals surface area contributed by atoms with E-state index >= 15 is 0 Å². The van der Waals surface area contributed by atoms with E-state index in [1.807, 2.05) is 43.3 Å². The van der Waals surface area contributed by atoms with Gasteiger partial charge in [0.05, 0.1) is 38.1 Å². The monoisotopic (exact) mass is 433 g/mol. The van der Waals surface area contributed by atoms with Crippen molar-refractivity contribution in [1.82, 2.24) is 19.7 Å². The number of nitrogens with one attached hydrogen (secondary N) is 2. The van der Waals surface area contributed by atoms with Gasteiger partial charge in [-0.1, -0.05) is 12.1 Å². The van der Waals surface area contributed by atoms with Crippen molar-refractivity contribution in [2.75, 3.05) is 26.6 Å². The van der Waals surface area contributed by atoms with Gasteiger partial charge in [-0.3, -0.25) is 4.79 Å². The van der Waals surface area contributed by atoms with Crippen LogP contribution in [-0.4, -0.2) is 47.0 Å². The fourth-order valence-electron chi connectivity index (χ4n) is 4.33. The second kappa shape index (κ2) is 7.60. The maximum atomic E-state index is 12.7. The Labute approximate surface area is 184 Å². The zero-order valence-corrected chi connectivity index (χ0v) is 18.2. The van der Waals surface area contributed by atoms with Gasteiger partial charge in [-0.15, -0.1) is 0 Å². The van der Waals surface area contributed by atoms with Crippen LogP contribution in [-0.2, 0) is 4.79 Å². The highest BCUT2D eigenvalue weighted by Crippen LogP contribution is 2.45. The molecule has 2 N–H and O–H groups in total. The van der Waals surface area contributed by atoms with Crippen LogP contribution < -0.4 is 19.5 Å². The lowest BCUT2D eigenvalue weighted by molar-refractivity contribution is -0.116. The van der Waals surface area contributed by atoms with Gasteiger partial charge in [-0.2, -0.15) is 9.78 Å². The summed E-state index contributed by atoms with van der Waals surface area (Å²) in [6, 6.07) is 11.5. The number of rotatable bonds is 5. The molecule has 9 nitrogen and oxygen atoms in total. The first-order valence-corrected chi connectivity index (χ1v) is 10.2. The first kappa shape index (κ1) is 19.9. The molecule has 0 saturated heterocycles. The number of amides is 1. The van der Waals surface area contributed by atoms with Gasteiger partial charge < -0.3 is 24.5 Å². The van der Waals surface area contributed by atoms with E-state index in [0.717, 1.165) is 27.9 Å². The molecular formula is C23H23N5O4. The van der Waals surface area contributed by atoms with Crippen LogP contribution >= 0.6 is 0 Å². The topological polar surface area (TPSA) is 103 Å². The van der Waals surface area contributed by atoms with Crippen LogP contribution in [0, 0.1) is 6.92 Å². The number of nitrogens with zero attached hydrogens (tertiary/aromatic N) is 3. The number of aromatic amines is 1. The van der Waals surface area contributed by atoms with E-state index in [2.05, 4.69) is 15.3 Å². The van der Waals surface area contributed by atoms with E-state index in [9.17, 15) is 4.79 Å². The van der Waals surface area contributed by atoms with Gasteiger partial charge in [-0.05, 0) is 36.8 Å². The number of carbonyl (C=O) groups excluding carboxylic acids is 1. The minimum atomic E-state index is -0.231. The number of anilines is 1. The van der Waals surface area contributed by atoms with Crippen molar-refractivity contribution < 1.29 is 19.0 Å². The summed E-state index contributed by atoms with van der Waals surface area (Å²) in [6.07, 6.45) is 0.276. The van der Waals surface area contributed by atoms with Gasteiger partial charge in [0.2, 0.25) is 17.6 Å². The molecule has 2 aromatic heterocycles. The van der Waals surface area contributed by atoms with Crippen molar-refractivity contribution in [1.29, 1.82) is 0 Å². The number of methoxy groups -OCH3 is 3. The van der Waals surface area contributed by atoms with Gasteiger partial charge in [-0.25, -0.2) is 4.98 Å². The first-order valence-electron chi connectivity index (χ1n) is 10.2. The van der Waals surface area contributed by atoms with Gasteiger partial charge in [0.15, 0.2) is 11.5 Å². The average Bonchev–Trinajstić information content (AvgIpc) is 3.38. The number of ether oxygens (including phenoxy) is 3. The Morgan fingerprint density at radius 1 is 1.06 bits per heavy atom. The van der Waals surface area contributed by atoms with E-state index in [0.29, 0.717) is 29.0 Å². The molecule has 3 heterocycles. The summed E-state index contributed by atoms with van der Waals surface area (Å²) in [5.41, 5.74) is 4.34. The lowest BCUT2D eigenvalue weighted by Crippen LogP contribution is -2.25. The van der Waals surface area contributed by atoms with Crippen LogP contribution in [0.5, 0.6) is 17.2 Å². The smallest absolute Gasteiger partial charge is 0.231 e. The molecule has 0 saturated carbocycles. The van der Waals surface area contributed by atoms with E-state index < -0.39 is 0 Å². The SMILES string of the molecule is COc1cc([C@@H]2CC(=O)Nc3c2c(C)nn3-c2nc3ccccc3[nH]2)cc(OC)c1OC. The van der Waals surface area contributed by atoms with Gasteiger partial charge in [0.1, 0.15) is 5.82 Å². The van der Waals surface area contributed by atoms with Crippen molar-refractivity contribution >= 4 is 22.8 Å². The number of imidazole rings is 1. The van der Waals surface area contributed by atoms with Crippen molar-refractivity contribution in [2.24, 2.45) is 0 Å². The molecule has 0 fully saturated rings. The van der Waals surface area contributed by atoms with Crippen molar-refractivity contribution in [3.05, 3.63) is 53.2 Å². The number of benzene rings is 2. The van der Waals surface area contributed by atoms with Gasteiger partial charge in [0, 0.05) is 17.9 Å². The van der Waals surface area contributed by atoms with Crippen LogP contribution in [0.4, 0.5) is 5.82 Å². The Kier molecular flexibility index (Phi) is 4.73. The van der Waals surface area contributed by atoms with Crippen molar-refractivity contribution in [2.45, 2.75) is 19.3 Å². The Morgan fingerprint density at radius 3 is 2.44 bits per heavy atom. The predicted octanol–water partition coefficient (Wildman–Crippen LogP) is 3.56. The second-order valence-corrected chi connectivity index (χ2v) is 7.60. The number of H-pyrrole nitrogens is 1. The molecule has 2 aromatic carbocycles. The lowest BCUT2D eigenvalue weighted by Gasteiger charge is -2.25. The van der Waals surface area contributed by atoms with Gasteiger partial charge >= 0.3 is 0 Å². The molecule has 0 bridgehead atoms. The molecule has 164 valence electrons. The number of hydrogen-bond acceptors (Lipinski definition) is 6. The van der Waals surface area contributed by atoms with Crippen LogP contribution in [0.2, 0.25) is 0 Å². The standard InChI is InChI=1S/C23H23N5O4/c1-12-20-14(13-9-17(30-2)21(32-4)18(10-13)31-3)11-19(29)26-22(20)28(27-12)23-24-15-7-5-6-8-16(15)25-23/h5-10,14H,11H2,1-4H3,(H,24,25)(H,26,29)/t14-/m0/s1. The third kappa shape index (κ3) is 3.05. The minimum Gasteiger partial charge on any atom is -0.493 e. The van der Waals surface area contributed by atoms with Crippen LogP contribution in [0.15, 0.2) is 36.4 Å². The first-order chi connectivity index (χ1) is 15.5. The highest BCUT2D eigenvalue weighted by atomic mass is 16.5. The van der Waals surface area contributed by atoms with Gasteiger partial charge in [0.25, 0.3) is 0 Å². The number of aromatic nitrogens is 4. The summed E-state index contributed by atoms with van der Waals surface area (Å²) in [6.45, 7) is 1.93. The lowest BCUT2D eigenvalue weighted by atomic mass is 9.85. The van der Waals surface area contributed by atoms with Crippen LogP contribution in [0.25, 0.3) is 17.0 Å². The number of carbonyl (C=O) groups is 1.